The molecule has 0 radical (unpaired) electrons. The molecule has 0 unspecified atom stereocenters. The van der Waals surface area contributed by atoms with Gasteiger partial charge >= 0.3 is 5.97 Å². The molecule has 0 fully saturated rings. The Bertz CT molecular complexity index is 2040. The Labute approximate surface area is 230 Å². The Morgan fingerprint density at radius 2 is 1.76 bits per heavy atom. The molecular formula is C30H23NO10. The number of aryl methyl sites for hydroxylation is 2. The van der Waals surface area contributed by atoms with Crippen LogP contribution in [0.1, 0.15) is 29.0 Å². The first-order chi connectivity index (χ1) is 19.6. The molecule has 3 aromatic carbocycles. The van der Waals surface area contributed by atoms with E-state index in [1.165, 1.54) is 13.2 Å². The molecule has 41 heavy (non-hydrogen) atoms. The third kappa shape index (κ3) is 3.93. The number of benzene rings is 3. The van der Waals surface area contributed by atoms with Gasteiger partial charge in [0.05, 0.1) is 19.0 Å². The highest BCUT2D eigenvalue weighted by molar-refractivity contribution is 5.93. The monoisotopic (exact) mass is 557 g/mol. The molecule has 0 aliphatic carbocycles. The zero-order valence-electron chi connectivity index (χ0n) is 21.5. The molecule has 5 aromatic rings. The van der Waals surface area contributed by atoms with E-state index in [-0.39, 0.29) is 16.7 Å². The summed E-state index contributed by atoms with van der Waals surface area (Å²) in [6.07, 6.45) is 0.201. The first-order valence-corrected chi connectivity index (χ1v) is 12.6. The second-order valence-corrected chi connectivity index (χ2v) is 9.84. The fourth-order valence-corrected chi connectivity index (χ4v) is 5.60. The minimum Gasteiger partial charge on any atom is -0.507 e. The number of hydrogen-bond acceptors (Lipinski definition) is 10. The summed E-state index contributed by atoms with van der Waals surface area (Å²) in [7, 11) is 1.17. The van der Waals surface area contributed by atoms with Crippen molar-refractivity contribution in [1.82, 2.24) is 4.57 Å². The normalized spacial score (nSPS) is 13.1. The van der Waals surface area contributed by atoms with E-state index >= 15 is 0 Å². The summed E-state index contributed by atoms with van der Waals surface area (Å²) >= 11 is 0. The maximum absolute atomic E-state index is 13.8. The van der Waals surface area contributed by atoms with Gasteiger partial charge in [-0.1, -0.05) is 18.2 Å². The van der Waals surface area contributed by atoms with E-state index in [0.717, 1.165) is 34.7 Å². The predicted molar refractivity (Wildman–Crippen MR) is 147 cm³/mol. The Morgan fingerprint density at radius 1 is 0.976 bits per heavy atom. The number of ether oxygens (including phenoxy) is 1. The van der Waals surface area contributed by atoms with Crippen LogP contribution in [0, 0.1) is 0 Å². The quantitative estimate of drug-likeness (QED) is 0.158. The molecule has 5 N–H and O–H groups in total. The summed E-state index contributed by atoms with van der Waals surface area (Å²) in [6.45, 7) is 0.410. The molecule has 1 atom stereocenters. The maximum atomic E-state index is 13.8. The smallest absolute Gasteiger partial charge is 0.306 e. The summed E-state index contributed by atoms with van der Waals surface area (Å²) in [6, 6.07) is 11.5. The maximum Gasteiger partial charge on any atom is 0.306 e. The standard InChI is InChI=1S/C30H23NO10/c1-40-22(36)11-16(17-9-14-4-2-3-13-7-8-31(25(13)14)30(17)39)23-20(34)12-21(35)24-26(37)27(38)28(41-29(23)24)15-5-6-18(32)19(33)10-15/h2-6,9-10,12,16,32-35,38H,7-8,11H2,1H3/t16-/m0/s1. The molecule has 2 aromatic heterocycles. The van der Waals surface area contributed by atoms with Crippen LogP contribution in [0.2, 0.25) is 0 Å². The number of methoxy groups -OCH3 is 1. The number of fused-ring (bicyclic) bond motifs is 1. The Kier molecular flexibility index (Phi) is 5.88. The predicted octanol–water partition coefficient (Wildman–Crippen LogP) is 3.55. The first-order valence-electron chi connectivity index (χ1n) is 12.6. The molecule has 0 amide bonds. The van der Waals surface area contributed by atoms with Gasteiger partial charge in [-0.05, 0) is 41.6 Å². The summed E-state index contributed by atoms with van der Waals surface area (Å²) in [5, 5.41) is 52.4. The Balaban J connectivity index is 1.70. The minimum absolute atomic E-state index is 0.0124. The van der Waals surface area contributed by atoms with E-state index in [0.29, 0.717) is 13.0 Å². The number of phenolic OH excluding ortho intramolecular Hbond substituents is 4. The van der Waals surface area contributed by atoms with Gasteiger partial charge in [-0.3, -0.25) is 14.4 Å². The average molecular weight is 558 g/mol. The van der Waals surface area contributed by atoms with Crippen molar-refractivity contribution < 1.29 is 39.5 Å². The van der Waals surface area contributed by atoms with Crippen molar-refractivity contribution in [3.63, 3.8) is 0 Å². The van der Waals surface area contributed by atoms with Crippen LogP contribution >= 0.6 is 0 Å². The van der Waals surface area contributed by atoms with Crippen molar-refractivity contribution in [3.05, 3.63) is 85.8 Å². The van der Waals surface area contributed by atoms with E-state index in [9.17, 15) is 39.9 Å². The van der Waals surface area contributed by atoms with E-state index < -0.39 is 74.8 Å². The number of rotatable bonds is 5. The van der Waals surface area contributed by atoms with Crippen LogP contribution < -0.4 is 11.0 Å². The first kappa shape index (κ1) is 25.8. The van der Waals surface area contributed by atoms with Gasteiger partial charge in [-0.2, -0.15) is 0 Å². The molecule has 6 rings (SSSR count). The third-order valence-corrected chi connectivity index (χ3v) is 7.53. The molecule has 1 aliphatic rings. The van der Waals surface area contributed by atoms with Crippen LogP contribution in [0.15, 0.2) is 62.5 Å². The largest absolute Gasteiger partial charge is 0.507 e. The number of nitrogens with zero attached hydrogens (tertiary/aromatic N) is 1. The number of aromatic nitrogens is 1. The topological polar surface area (TPSA) is 180 Å². The van der Waals surface area contributed by atoms with Crippen molar-refractivity contribution in [2.75, 3.05) is 7.11 Å². The number of pyridine rings is 1. The molecule has 0 saturated heterocycles. The van der Waals surface area contributed by atoms with E-state index in [1.807, 2.05) is 18.2 Å². The molecule has 208 valence electrons. The van der Waals surface area contributed by atoms with Gasteiger partial charge in [0, 0.05) is 35.2 Å². The Morgan fingerprint density at radius 3 is 2.49 bits per heavy atom. The van der Waals surface area contributed by atoms with Gasteiger partial charge < -0.3 is 39.3 Å². The lowest BCUT2D eigenvalue weighted by molar-refractivity contribution is -0.140. The van der Waals surface area contributed by atoms with Gasteiger partial charge in [0.1, 0.15) is 22.5 Å². The van der Waals surface area contributed by atoms with Crippen molar-refractivity contribution >= 4 is 27.8 Å². The second kappa shape index (κ2) is 9.33. The fraction of sp³-hybridized carbons (Fsp3) is 0.167. The lowest BCUT2D eigenvalue weighted by Crippen LogP contribution is -2.26. The number of carbonyl (C=O) groups excluding carboxylic acids is 1. The van der Waals surface area contributed by atoms with Crippen LogP contribution in [-0.4, -0.2) is 43.2 Å². The summed E-state index contributed by atoms with van der Waals surface area (Å²) in [4.78, 5) is 39.8. The Hall–Kier alpha value is -5.45. The van der Waals surface area contributed by atoms with E-state index in [1.54, 1.807) is 10.6 Å². The second-order valence-electron chi connectivity index (χ2n) is 9.84. The zero-order chi connectivity index (χ0) is 29.2. The number of carbonyl (C=O) groups is 1. The number of aromatic hydroxyl groups is 5. The molecule has 3 heterocycles. The number of hydrogen-bond donors (Lipinski definition) is 5. The van der Waals surface area contributed by atoms with Gasteiger partial charge in [0.2, 0.25) is 11.2 Å². The molecule has 11 heteroatoms. The van der Waals surface area contributed by atoms with E-state index in [4.69, 9.17) is 9.15 Å². The minimum atomic E-state index is -1.20. The fourth-order valence-electron chi connectivity index (χ4n) is 5.60. The van der Waals surface area contributed by atoms with Crippen molar-refractivity contribution in [2.24, 2.45) is 0 Å². The summed E-state index contributed by atoms with van der Waals surface area (Å²) in [5.41, 5.74) is -0.171. The molecule has 0 saturated carbocycles. The highest BCUT2D eigenvalue weighted by Crippen LogP contribution is 2.45. The van der Waals surface area contributed by atoms with E-state index in [2.05, 4.69) is 0 Å². The van der Waals surface area contributed by atoms with Gasteiger partial charge in [0.15, 0.2) is 17.3 Å². The van der Waals surface area contributed by atoms with Crippen LogP contribution in [0.25, 0.3) is 33.2 Å². The molecule has 11 nitrogen and oxygen atoms in total. The van der Waals surface area contributed by atoms with Crippen molar-refractivity contribution in [3.8, 4) is 40.1 Å². The van der Waals surface area contributed by atoms with Gasteiger partial charge in [0.25, 0.3) is 5.56 Å². The van der Waals surface area contributed by atoms with Crippen LogP contribution in [0.4, 0.5) is 0 Å². The summed E-state index contributed by atoms with van der Waals surface area (Å²) < 4.78 is 12.4. The summed E-state index contributed by atoms with van der Waals surface area (Å²) in [5.74, 6) is -5.59. The van der Waals surface area contributed by atoms with Crippen molar-refractivity contribution in [2.45, 2.75) is 25.3 Å². The molecule has 0 spiro atoms. The van der Waals surface area contributed by atoms with Crippen LogP contribution in [0.3, 0.4) is 0 Å². The van der Waals surface area contributed by atoms with Crippen molar-refractivity contribution in [1.29, 1.82) is 0 Å². The van der Waals surface area contributed by atoms with Gasteiger partial charge in [-0.15, -0.1) is 0 Å². The van der Waals surface area contributed by atoms with Crippen LogP contribution in [-0.2, 0) is 22.5 Å². The molecular weight excluding hydrogens is 534 g/mol. The average Bonchev–Trinajstić information content (AvgIpc) is 3.39. The molecule has 0 bridgehead atoms. The molecule has 1 aliphatic heterocycles. The lowest BCUT2D eigenvalue weighted by Gasteiger charge is -2.21. The SMILES string of the molecule is COC(=O)C[C@@H](c1cc2cccc3c2n(c1=O)CC3)c1c(O)cc(O)c2c(=O)c(O)c(-c3ccc(O)c(O)c3)oc12. The lowest BCUT2D eigenvalue weighted by atomic mass is 9.86. The number of esters is 1. The number of phenols is 4. The highest BCUT2D eigenvalue weighted by Gasteiger charge is 2.32. The van der Waals surface area contributed by atoms with Gasteiger partial charge in [-0.25, -0.2) is 0 Å². The zero-order valence-corrected chi connectivity index (χ0v) is 21.5. The third-order valence-electron chi connectivity index (χ3n) is 7.53. The highest BCUT2D eigenvalue weighted by atomic mass is 16.5. The number of para-hydroxylation sites is 1. The van der Waals surface area contributed by atoms with Crippen LogP contribution in [0.5, 0.6) is 28.7 Å².